The van der Waals surface area contributed by atoms with E-state index in [4.69, 9.17) is 0 Å². The zero-order valence-corrected chi connectivity index (χ0v) is 5.96. The van der Waals surface area contributed by atoms with Crippen molar-refractivity contribution in [2.24, 2.45) is 9.98 Å². The van der Waals surface area contributed by atoms with Gasteiger partial charge in [-0.25, -0.2) is 0 Å². The van der Waals surface area contributed by atoms with Crippen LogP contribution < -0.4 is 5.32 Å². The van der Waals surface area contributed by atoms with Gasteiger partial charge in [-0.05, 0) is 13.6 Å². The van der Waals surface area contributed by atoms with Gasteiger partial charge >= 0.3 is 0 Å². The van der Waals surface area contributed by atoms with Crippen molar-refractivity contribution in [3.63, 3.8) is 0 Å². The number of hydrogen-bond acceptors (Lipinski definition) is 2. The Balaban J connectivity index is 3.16. The smallest absolute Gasteiger partial charge is 0.0821 e. The molecule has 0 saturated heterocycles. The molecule has 1 N–H and O–H groups in total. The van der Waals surface area contributed by atoms with E-state index in [1.165, 1.54) is 0 Å². The lowest BCUT2D eigenvalue weighted by Crippen LogP contribution is -2.21. The summed E-state index contributed by atoms with van der Waals surface area (Å²) in [4.78, 5) is 7.53. The van der Waals surface area contributed by atoms with Gasteiger partial charge in [0.1, 0.15) is 0 Å². The standard InChI is InChI=1S/C6H13N3/c1-6(8-3)4-9-5-7-2/h5-6H,3-4H2,1-2H3,(H,7,9). The third-order valence-corrected chi connectivity index (χ3v) is 0.945. The number of aliphatic imine (C=N–C) groups is 2. The first kappa shape index (κ1) is 8.14. The number of hydrogen-bond donors (Lipinski definition) is 1. The van der Waals surface area contributed by atoms with Gasteiger partial charge in [0.2, 0.25) is 0 Å². The molecule has 3 heteroatoms. The summed E-state index contributed by atoms with van der Waals surface area (Å²) in [7, 11) is 1.72. The number of nitrogens with zero attached hydrogens (tertiary/aromatic N) is 2. The first-order valence-electron chi connectivity index (χ1n) is 2.91. The highest BCUT2D eigenvalue weighted by Crippen LogP contribution is 1.80. The van der Waals surface area contributed by atoms with Crippen LogP contribution in [-0.2, 0) is 0 Å². The Hall–Kier alpha value is -0.860. The fourth-order valence-corrected chi connectivity index (χ4v) is 0.379. The fraction of sp³-hybridized carbons (Fsp3) is 0.667. The molecule has 0 saturated carbocycles. The molecule has 1 atom stereocenters. The summed E-state index contributed by atoms with van der Waals surface area (Å²) in [5, 5.41) is 2.96. The van der Waals surface area contributed by atoms with Crippen LogP contribution in [-0.4, -0.2) is 32.7 Å². The fourth-order valence-electron chi connectivity index (χ4n) is 0.379. The Morgan fingerprint density at radius 3 is 2.89 bits per heavy atom. The molecule has 0 aliphatic carbocycles. The van der Waals surface area contributed by atoms with Crippen LogP contribution in [0.3, 0.4) is 0 Å². The van der Waals surface area contributed by atoms with Gasteiger partial charge in [0.15, 0.2) is 0 Å². The molecule has 0 bridgehead atoms. The van der Waals surface area contributed by atoms with Gasteiger partial charge in [0, 0.05) is 13.6 Å². The Morgan fingerprint density at radius 1 is 1.78 bits per heavy atom. The third-order valence-electron chi connectivity index (χ3n) is 0.945. The van der Waals surface area contributed by atoms with Gasteiger partial charge in [-0.15, -0.1) is 0 Å². The van der Waals surface area contributed by atoms with E-state index in [0.29, 0.717) is 0 Å². The maximum atomic E-state index is 3.79. The van der Waals surface area contributed by atoms with Gasteiger partial charge in [0.05, 0.1) is 12.4 Å². The molecule has 0 aromatic rings. The molecule has 0 aromatic carbocycles. The van der Waals surface area contributed by atoms with Crippen molar-refractivity contribution in [2.45, 2.75) is 13.0 Å². The normalized spacial score (nSPS) is 13.6. The summed E-state index contributed by atoms with van der Waals surface area (Å²) >= 11 is 0. The highest BCUT2D eigenvalue weighted by molar-refractivity contribution is 5.53. The summed E-state index contributed by atoms with van der Waals surface area (Å²) in [6, 6.07) is 0.267. The van der Waals surface area contributed by atoms with Crippen molar-refractivity contribution in [1.82, 2.24) is 5.32 Å². The maximum Gasteiger partial charge on any atom is 0.0821 e. The molecule has 0 aliphatic heterocycles. The molecule has 0 radical (unpaired) electrons. The minimum absolute atomic E-state index is 0.267. The van der Waals surface area contributed by atoms with Crippen LogP contribution in [0.1, 0.15) is 6.92 Å². The van der Waals surface area contributed by atoms with E-state index in [1.807, 2.05) is 6.92 Å². The van der Waals surface area contributed by atoms with Crippen molar-refractivity contribution >= 4 is 13.1 Å². The Labute approximate surface area is 55.9 Å². The number of rotatable bonds is 4. The first-order chi connectivity index (χ1) is 4.31. The van der Waals surface area contributed by atoms with Gasteiger partial charge in [-0.1, -0.05) is 0 Å². The molecule has 1 unspecified atom stereocenters. The highest BCUT2D eigenvalue weighted by atomic mass is 14.9. The molecule has 9 heavy (non-hydrogen) atoms. The predicted molar refractivity (Wildman–Crippen MR) is 41.4 cm³/mol. The van der Waals surface area contributed by atoms with Gasteiger partial charge in [-0.2, -0.15) is 0 Å². The lowest BCUT2D eigenvalue weighted by atomic mass is 10.4. The second-order valence-corrected chi connectivity index (χ2v) is 1.83. The van der Waals surface area contributed by atoms with Crippen molar-refractivity contribution in [2.75, 3.05) is 13.6 Å². The van der Waals surface area contributed by atoms with Gasteiger partial charge in [0.25, 0.3) is 0 Å². The lowest BCUT2D eigenvalue weighted by Gasteiger charge is -2.02. The highest BCUT2D eigenvalue weighted by Gasteiger charge is 1.90. The molecule has 0 spiro atoms. The summed E-state index contributed by atoms with van der Waals surface area (Å²) < 4.78 is 0. The van der Waals surface area contributed by atoms with Gasteiger partial charge in [-0.3, -0.25) is 9.98 Å². The zero-order valence-electron chi connectivity index (χ0n) is 5.96. The molecule has 0 aliphatic rings. The van der Waals surface area contributed by atoms with E-state index >= 15 is 0 Å². The maximum absolute atomic E-state index is 3.79. The van der Waals surface area contributed by atoms with Crippen molar-refractivity contribution in [3.8, 4) is 0 Å². The second-order valence-electron chi connectivity index (χ2n) is 1.83. The van der Waals surface area contributed by atoms with Crippen LogP contribution in [0, 0.1) is 0 Å². The summed E-state index contributed by atoms with van der Waals surface area (Å²) in [6.45, 7) is 6.20. The van der Waals surface area contributed by atoms with Crippen LogP contribution in [0.25, 0.3) is 0 Å². The average molecular weight is 127 g/mol. The first-order valence-corrected chi connectivity index (χ1v) is 2.91. The molecule has 0 rings (SSSR count). The molecular formula is C6H13N3. The molecule has 0 aromatic heterocycles. The van der Waals surface area contributed by atoms with E-state index in [9.17, 15) is 0 Å². The van der Waals surface area contributed by atoms with E-state index in [-0.39, 0.29) is 6.04 Å². The third kappa shape index (κ3) is 5.00. The van der Waals surface area contributed by atoms with Gasteiger partial charge < -0.3 is 5.32 Å². The van der Waals surface area contributed by atoms with Crippen molar-refractivity contribution in [1.29, 1.82) is 0 Å². The van der Waals surface area contributed by atoms with Crippen LogP contribution in [0.15, 0.2) is 9.98 Å². The van der Waals surface area contributed by atoms with Crippen molar-refractivity contribution in [3.05, 3.63) is 0 Å². The number of nitrogens with one attached hydrogen (secondary N) is 1. The SMILES string of the molecule is C=NC(C)CNC=NC. The summed E-state index contributed by atoms with van der Waals surface area (Å²) in [5.41, 5.74) is 0. The molecule has 0 fully saturated rings. The predicted octanol–water partition coefficient (Wildman–Crippen LogP) is 0.323. The van der Waals surface area contributed by atoms with E-state index < -0.39 is 0 Å². The van der Waals surface area contributed by atoms with Crippen LogP contribution in [0.5, 0.6) is 0 Å². The van der Waals surface area contributed by atoms with E-state index in [1.54, 1.807) is 13.4 Å². The Morgan fingerprint density at radius 2 is 2.44 bits per heavy atom. The summed E-state index contributed by atoms with van der Waals surface area (Å²) in [6.07, 6.45) is 1.65. The van der Waals surface area contributed by atoms with E-state index in [0.717, 1.165) is 6.54 Å². The molecule has 0 heterocycles. The molecular weight excluding hydrogens is 114 g/mol. The topological polar surface area (TPSA) is 36.8 Å². The quantitative estimate of drug-likeness (QED) is 0.428. The van der Waals surface area contributed by atoms with Crippen LogP contribution in [0.4, 0.5) is 0 Å². The monoisotopic (exact) mass is 127 g/mol. The zero-order chi connectivity index (χ0) is 7.11. The Bertz CT molecular complexity index is 98.5. The minimum Gasteiger partial charge on any atom is -0.374 e. The van der Waals surface area contributed by atoms with E-state index in [2.05, 4.69) is 22.0 Å². The average Bonchev–Trinajstić information content (AvgIpc) is 1.89. The van der Waals surface area contributed by atoms with Crippen molar-refractivity contribution < 1.29 is 0 Å². The largest absolute Gasteiger partial charge is 0.374 e. The summed E-state index contributed by atoms with van der Waals surface area (Å²) in [5.74, 6) is 0. The van der Waals surface area contributed by atoms with Crippen LogP contribution in [0.2, 0.25) is 0 Å². The molecule has 3 nitrogen and oxygen atoms in total. The minimum atomic E-state index is 0.267. The molecule has 52 valence electrons. The molecule has 0 amide bonds. The second kappa shape index (κ2) is 5.28. The Kier molecular flexibility index (Phi) is 4.78. The van der Waals surface area contributed by atoms with Crippen LogP contribution >= 0.6 is 0 Å². The lowest BCUT2D eigenvalue weighted by molar-refractivity contribution is 0.716.